The molecule has 0 radical (unpaired) electrons. The predicted octanol–water partition coefficient (Wildman–Crippen LogP) is 4.06. The van der Waals surface area contributed by atoms with Crippen LogP contribution in [-0.2, 0) is 22.7 Å². The molecular formula is C20H21F2NO2. The average Bonchev–Trinajstić information content (AvgIpc) is 2.63. The lowest BCUT2D eigenvalue weighted by Crippen LogP contribution is -2.45. The summed E-state index contributed by atoms with van der Waals surface area (Å²) >= 11 is 0. The van der Waals surface area contributed by atoms with Gasteiger partial charge in [-0.1, -0.05) is 42.8 Å². The quantitative estimate of drug-likeness (QED) is 0.765. The molecule has 0 amide bonds. The molecule has 1 aliphatic heterocycles. The van der Waals surface area contributed by atoms with Crippen LogP contribution >= 0.6 is 0 Å². The molecule has 132 valence electrons. The number of piperidine rings is 1. The Hall–Kier alpha value is -2.27. The first-order chi connectivity index (χ1) is 12.1. The SMILES string of the molecule is O=C(OCc1ccccc1F)[C@@H]1CCCCN1Cc1ccccc1F. The molecule has 2 aromatic carbocycles. The van der Waals surface area contributed by atoms with Crippen molar-refractivity contribution in [2.24, 2.45) is 0 Å². The van der Waals surface area contributed by atoms with Crippen LogP contribution in [0.1, 0.15) is 30.4 Å². The van der Waals surface area contributed by atoms with Gasteiger partial charge in [-0.25, -0.2) is 8.78 Å². The van der Waals surface area contributed by atoms with Crippen LogP contribution in [0.4, 0.5) is 8.78 Å². The van der Waals surface area contributed by atoms with E-state index in [-0.39, 0.29) is 24.2 Å². The minimum absolute atomic E-state index is 0.0878. The van der Waals surface area contributed by atoms with Gasteiger partial charge in [0.05, 0.1) is 0 Å². The van der Waals surface area contributed by atoms with E-state index >= 15 is 0 Å². The highest BCUT2D eigenvalue weighted by atomic mass is 19.1. The third-order valence-corrected chi connectivity index (χ3v) is 4.54. The molecule has 0 N–H and O–H groups in total. The summed E-state index contributed by atoms with van der Waals surface area (Å²) in [5, 5.41) is 0. The van der Waals surface area contributed by atoms with Gasteiger partial charge >= 0.3 is 5.97 Å². The van der Waals surface area contributed by atoms with Crippen molar-refractivity contribution >= 4 is 5.97 Å². The Morgan fingerprint density at radius 2 is 1.64 bits per heavy atom. The summed E-state index contributed by atoms with van der Waals surface area (Å²) in [5.74, 6) is -1.03. The zero-order valence-electron chi connectivity index (χ0n) is 14.0. The molecule has 0 aromatic heterocycles. The number of hydrogen-bond acceptors (Lipinski definition) is 3. The molecule has 2 aromatic rings. The van der Waals surface area contributed by atoms with Gasteiger partial charge in [0.1, 0.15) is 24.3 Å². The topological polar surface area (TPSA) is 29.5 Å². The number of carbonyl (C=O) groups is 1. The van der Waals surface area contributed by atoms with Gasteiger partial charge in [-0.2, -0.15) is 0 Å². The van der Waals surface area contributed by atoms with Gasteiger partial charge in [-0.3, -0.25) is 9.69 Å². The lowest BCUT2D eigenvalue weighted by molar-refractivity contribution is -0.153. The third-order valence-electron chi connectivity index (χ3n) is 4.54. The van der Waals surface area contributed by atoms with E-state index in [1.807, 2.05) is 4.90 Å². The third kappa shape index (κ3) is 4.42. The van der Waals surface area contributed by atoms with Crippen LogP contribution in [0, 0.1) is 11.6 Å². The molecule has 0 bridgehead atoms. The molecule has 1 heterocycles. The molecular weight excluding hydrogens is 324 g/mol. The number of rotatable bonds is 5. The highest BCUT2D eigenvalue weighted by Gasteiger charge is 2.30. The largest absolute Gasteiger partial charge is 0.460 e. The second-order valence-electron chi connectivity index (χ2n) is 6.27. The van der Waals surface area contributed by atoms with Gasteiger partial charge in [-0.05, 0) is 31.5 Å². The molecule has 0 aliphatic carbocycles. The van der Waals surface area contributed by atoms with Crippen molar-refractivity contribution in [3.8, 4) is 0 Å². The van der Waals surface area contributed by atoms with Crippen LogP contribution in [0.15, 0.2) is 48.5 Å². The second-order valence-corrected chi connectivity index (χ2v) is 6.27. The summed E-state index contributed by atoms with van der Waals surface area (Å²) in [5.41, 5.74) is 0.920. The molecule has 1 fully saturated rings. The molecule has 0 saturated carbocycles. The fourth-order valence-electron chi connectivity index (χ4n) is 3.15. The van der Waals surface area contributed by atoms with Crippen LogP contribution in [-0.4, -0.2) is 23.5 Å². The molecule has 3 nitrogen and oxygen atoms in total. The average molecular weight is 345 g/mol. The number of halogens is 2. The first kappa shape index (κ1) is 17.5. The first-order valence-corrected chi connectivity index (χ1v) is 8.52. The van der Waals surface area contributed by atoms with E-state index < -0.39 is 6.04 Å². The second kappa shape index (κ2) is 8.21. The fourth-order valence-corrected chi connectivity index (χ4v) is 3.15. The molecule has 25 heavy (non-hydrogen) atoms. The molecule has 0 unspecified atom stereocenters. The molecule has 3 rings (SSSR count). The van der Waals surface area contributed by atoms with E-state index in [2.05, 4.69) is 0 Å². The Kier molecular flexibility index (Phi) is 5.76. The highest BCUT2D eigenvalue weighted by Crippen LogP contribution is 2.22. The standard InChI is InChI=1S/C20H21F2NO2/c21-17-9-3-1-7-15(17)13-23-12-6-5-11-19(23)20(24)25-14-16-8-2-4-10-18(16)22/h1-4,7-10,19H,5-6,11-14H2/t19-/m0/s1. The fraction of sp³-hybridized carbons (Fsp3) is 0.350. The molecule has 5 heteroatoms. The van der Waals surface area contributed by atoms with Gasteiger partial charge in [0.25, 0.3) is 0 Å². The summed E-state index contributed by atoms with van der Waals surface area (Å²) in [4.78, 5) is 14.4. The van der Waals surface area contributed by atoms with Gasteiger partial charge in [0.15, 0.2) is 0 Å². The Balaban J connectivity index is 1.65. The van der Waals surface area contributed by atoms with Crippen molar-refractivity contribution in [3.05, 3.63) is 71.3 Å². The van der Waals surface area contributed by atoms with Gasteiger partial charge in [0, 0.05) is 17.7 Å². The predicted molar refractivity (Wildman–Crippen MR) is 90.6 cm³/mol. The smallest absolute Gasteiger partial charge is 0.323 e. The molecule has 1 aliphatic rings. The molecule has 1 atom stereocenters. The van der Waals surface area contributed by atoms with E-state index in [4.69, 9.17) is 4.74 Å². The van der Waals surface area contributed by atoms with Crippen LogP contribution in [0.2, 0.25) is 0 Å². The van der Waals surface area contributed by atoms with Gasteiger partial charge < -0.3 is 4.74 Å². The summed E-state index contributed by atoms with van der Waals surface area (Å²) in [6.07, 6.45) is 2.56. The van der Waals surface area contributed by atoms with E-state index in [9.17, 15) is 13.6 Å². The van der Waals surface area contributed by atoms with Crippen molar-refractivity contribution in [2.45, 2.75) is 38.5 Å². The zero-order chi connectivity index (χ0) is 17.6. The minimum Gasteiger partial charge on any atom is -0.460 e. The Bertz CT molecular complexity index is 735. The summed E-state index contributed by atoms with van der Waals surface area (Å²) in [7, 11) is 0. The maximum atomic E-state index is 13.9. The van der Waals surface area contributed by atoms with Crippen molar-refractivity contribution in [2.75, 3.05) is 6.54 Å². The zero-order valence-corrected chi connectivity index (χ0v) is 14.0. The van der Waals surface area contributed by atoms with Crippen molar-refractivity contribution in [1.82, 2.24) is 4.90 Å². The number of hydrogen-bond donors (Lipinski definition) is 0. The Morgan fingerprint density at radius 1 is 1.00 bits per heavy atom. The van der Waals surface area contributed by atoms with Gasteiger partial charge in [0.2, 0.25) is 0 Å². The van der Waals surface area contributed by atoms with E-state index in [1.54, 1.807) is 36.4 Å². The summed E-state index contributed by atoms with van der Waals surface area (Å²) in [6, 6.07) is 12.4. The van der Waals surface area contributed by atoms with Crippen LogP contribution in [0.5, 0.6) is 0 Å². The number of esters is 1. The Morgan fingerprint density at radius 3 is 2.32 bits per heavy atom. The lowest BCUT2D eigenvalue weighted by Gasteiger charge is -2.34. The monoisotopic (exact) mass is 345 g/mol. The van der Waals surface area contributed by atoms with E-state index in [0.29, 0.717) is 30.6 Å². The van der Waals surface area contributed by atoms with Crippen molar-refractivity contribution in [1.29, 1.82) is 0 Å². The maximum absolute atomic E-state index is 13.9. The number of carbonyl (C=O) groups excluding carboxylic acids is 1. The first-order valence-electron chi connectivity index (χ1n) is 8.52. The summed E-state index contributed by atoms with van der Waals surface area (Å²) < 4.78 is 32.9. The maximum Gasteiger partial charge on any atom is 0.323 e. The molecule has 0 spiro atoms. The number of nitrogens with zero attached hydrogens (tertiary/aromatic N) is 1. The summed E-state index contributed by atoms with van der Waals surface area (Å²) in [6.45, 7) is 0.996. The highest BCUT2D eigenvalue weighted by molar-refractivity contribution is 5.76. The van der Waals surface area contributed by atoms with Gasteiger partial charge in [-0.15, -0.1) is 0 Å². The van der Waals surface area contributed by atoms with Crippen LogP contribution in [0.25, 0.3) is 0 Å². The lowest BCUT2D eigenvalue weighted by atomic mass is 10.0. The normalized spacial score (nSPS) is 18.1. The Labute approximate surface area is 146 Å². The number of benzene rings is 2. The van der Waals surface area contributed by atoms with Crippen molar-refractivity contribution < 1.29 is 18.3 Å². The minimum atomic E-state index is -0.417. The van der Waals surface area contributed by atoms with E-state index in [1.165, 1.54) is 12.1 Å². The van der Waals surface area contributed by atoms with Crippen LogP contribution < -0.4 is 0 Å². The number of ether oxygens (including phenoxy) is 1. The number of likely N-dealkylation sites (tertiary alicyclic amines) is 1. The van der Waals surface area contributed by atoms with Crippen molar-refractivity contribution in [3.63, 3.8) is 0 Å². The van der Waals surface area contributed by atoms with E-state index in [0.717, 1.165) is 12.8 Å². The van der Waals surface area contributed by atoms with Crippen LogP contribution in [0.3, 0.4) is 0 Å². The molecule has 1 saturated heterocycles.